The minimum Gasteiger partial charge on any atom is -0.242 e. The van der Waals surface area contributed by atoms with E-state index in [1.165, 1.54) is 6.42 Å². The van der Waals surface area contributed by atoms with E-state index in [0.29, 0.717) is 5.69 Å². The highest BCUT2D eigenvalue weighted by Gasteiger charge is 1.95. The predicted molar refractivity (Wildman–Crippen MR) is 47.6 cm³/mol. The Morgan fingerprint density at radius 3 is 3.00 bits per heavy atom. The normalized spacial score (nSPS) is 9.33. The highest BCUT2D eigenvalue weighted by Crippen LogP contribution is 2.02. The van der Waals surface area contributed by atoms with E-state index in [1.807, 2.05) is 18.2 Å². The lowest BCUT2D eigenvalue weighted by molar-refractivity contribution is 0.775. The predicted octanol–water partition coefficient (Wildman–Crippen LogP) is 2.30. The fraction of sp³-hybridized carbons (Fsp3) is 0.400. The van der Waals surface area contributed by atoms with Gasteiger partial charge < -0.3 is 0 Å². The van der Waals surface area contributed by atoms with Gasteiger partial charge in [0, 0.05) is 5.69 Å². The number of unbranched alkanes of at least 4 members (excludes halogenated alkanes) is 1. The van der Waals surface area contributed by atoms with Gasteiger partial charge >= 0.3 is 0 Å². The van der Waals surface area contributed by atoms with Crippen LogP contribution in [0.5, 0.6) is 0 Å². The lowest BCUT2D eigenvalue weighted by atomic mass is 10.2. The molecule has 0 aliphatic rings. The van der Waals surface area contributed by atoms with E-state index in [2.05, 4.69) is 11.9 Å². The van der Waals surface area contributed by atoms with Crippen LogP contribution >= 0.6 is 0 Å². The molecule has 0 fully saturated rings. The second kappa shape index (κ2) is 4.50. The summed E-state index contributed by atoms with van der Waals surface area (Å²) in [6, 6.07) is 7.62. The van der Waals surface area contributed by atoms with E-state index in [9.17, 15) is 0 Å². The summed E-state index contributed by atoms with van der Waals surface area (Å²) in [6.07, 6.45) is 3.28. The van der Waals surface area contributed by atoms with E-state index in [0.717, 1.165) is 18.5 Å². The standard InChI is InChI=1S/C10H12N2/c1-2-3-5-9-6-4-7-10(8-11)12-9/h4,6-7H,2-3,5H2,1H3. The molecule has 0 aliphatic carbocycles. The van der Waals surface area contributed by atoms with Gasteiger partial charge in [-0.05, 0) is 25.0 Å². The van der Waals surface area contributed by atoms with E-state index < -0.39 is 0 Å². The van der Waals surface area contributed by atoms with Gasteiger partial charge in [-0.15, -0.1) is 0 Å². The second-order valence-electron chi connectivity index (χ2n) is 2.73. The van der Waals surface area contributed by atoms with Crippen LogP contribution in [0.25, 0.3) is 0 Å². The number of aryl methyl sites for hydroxylation is 1. The van der Waals surface area contributed by atoms with E-state index >= 15 is 0 Å². The Kier molecular flexibility index (Phi) is 3.28. The van der Waals surface area contributed by atoms with Crippen molar-refractivity contribution < 1.29 is 0 Å². The largest absolute Gasteiger partial charge is 0.242 e. The second-order valence-corrected chi connectivity index (χ2v) is 2.73. The first-order valence-electron chi connectivity index (χ1n) is 4.23. The zero-order valence-corrected chi connectivity index (χ0v) is 7.25. The van der Waals surface area contributed by atoms with Gasteiger partial charge in [0.25, 0.3) is 0 Å². The number of nitrogens with zero attached hydrogens (tertiary/aromatic N) is 2. The molecule has 2 heteroatoms. The molecule has 0 bridgehead atoms. The first-order valence-corrected chi connectivity index (χ1v) is 4.23. The molecule has 0 aromatic carbocycles. The molecule has 1 aromatic heterocycles. The first-order chi connectivity index (χ1) is 5.86. The summed E-state index contributed by atoms with van der Waals surface area (Å²) in [4.78, 5) is 4.17. The maximum atomic E-state index is 8.57. The minimum absolute atomic E-state index is 0.517. The van der Waals surface area contributed by atoms with Gasteiger partial charge in [0.1, 0.15) is 11.8 Å². The average molecular weight is 160 g/mol. The van der Waals surface area contributed by atoms with Crippen molar-refractivity contribution in [3.63, 3.8) is 0 Å². The average Bonchev–Trinajstić information content (AvgIpc) is 2.15. The third-order valence-electron chi connectivity index (χ3n) is 1.71. The van der Waals surface area contributed by atoms with E-state index in [1.54, 1.807) is 6.07 Å². The zero-order chi connectivity index (χ0) is 8.81. The summed E-state index contributed by atoms with van der Waals surface area (Å²) in [5.74, 6) is 0. The Morgan fingerprint density at radius 2 is 2.33 bits per heavy atom. The van der Waals surface area contributed by atoms with Crippen LogP contribution in [0.4, 0.5) is 0 Å². The maximum absolute atomic E-state index is 8.57. The Morgan fingerprint density at radius 1 is 1.50 bits per heavy atom. The van der Waals surface area contributed by atoms with Crippen LogP contribution in [0.1, 0.15) is 31.2 Å². The zero-order valence-electron chi connectivity index (χ0n) is 7.25. The van der Waals surface area contributed by atoms with Crippen molar-refractivity contribution in [2.75, 3.05) is 0 Å². The van der Waals surface area contributed by atoms with Gasteiger partial charge in [0.05, 0.1) is 0 Å². The monoisotopic (exact) mass is 160 g/mol. The highest BCUT2D eigenvalue weighted by atomic mass is 14.7. The molecule has 12 heavy (non-hydrogen) atoms. The van der Waals surface area contributed by atoms with Gasteiger partial charge in [-0.3, -0.25) is 0 Å². The number of hydrogen-bond acceptors (Lipinski definition) is 2. The van der Waals surface area contributed by atoms with E-state index in [-0.39, 0.29) is 0 Å². The maximum Gasteiger partial charge on any atom is 0.140 e. The highest BCUT2D eigenvalue weighted by molar-refractivity contribution is 5.22. The van der Waals surface area contributed by atoms with Crippen molar-refractivity contribution in [2.24, 2.45) is 0 Å². The summed E-state index contributed by atoms with van der Waals surface area (Å²) in [7, 11) is 0. The molecule has 0 unspecified atom stereocenters. The van der Waals surface area contributed by atoms with Crippen molar-refractivity contribution in [3.05, 3.63) is 29.6 Å². The lowest BCUT2D eigenvalue weighted by Crippen LogP contribution is -1.91. The molecule has 0 spiro atoms. The van der Waals surface area contributed by atoms with Crippen LogP contribution in [0, 0.1) is 11.3 Å². The third-order valence-corrected chi connectivity index (χ3v) is 1.71. The molecule has 0 saturated heterocycles. The van der Waals surface area contributed by atoms with Crippen LogP contribution in [-0.2, 0) is 6.42 Å². The van der Waals surface area contributed by atoms with Crippen molar-refractivity contribution in [2.45, 2.75) is 26.2 Å². The molecular formula is C10H12N2. The molecule has 1 heterocycles. The first kappa shape index (κ1) is 8.73. The van der Waals surface area contributed by atoms with Gasteiger partial charge in [-0.25, -0.2) is 4.98 Å². The van der Waals surface area contributed by atoms with Gasteiger partial charge in [-0.2, -0.15) is 5.26 Å². The molecule has 0 radical (unpaired) electrons. The molecule has 0 N–H and O–H groups in total. The Labute approximate surface area is 72.9 Å². The van der Waals surface area contributed by atoms with Crippen molar-refractivity contribution in [1.82, 2.24) is 4.98 Å². The molecular weight excluding hydrogens is 148 g/mol. The fourth-order valence-corrected chi connectivity index (χ4v) is 1.04. The molecule has 0 amide bonds. The summed E-state index contributed by atoms with van der Waals surface area (Å²) >= 11 is 0. The fourth-order valence-electron chi connectivity index (χ4n) is 1.04. The van der Waals surface area contributed by atoms with Crippen molar-refractivity contribution >= 4 is 0 Å². The Bertz CT molecular complexity index is 286. The number of nitriles is 1. The minimum atomic E-state index is 0.517. The Hall–Kier alpha value is -1.36. The molecule has 1 rings (SSSR count). The number of aromatic nitrogens is 1. The Balaban J connectivity index is 2.68. The third kappa shape index (κ3) is 2.35. The van der Waals surface area contributed by atoms with Gasteiger partial charge in [0.15, 0.2) is 0 Å². The van der Waals surface area contributed by atoms with Crippen LogP contribution in [0.3, 0.4) is 0 Å². The van der Waals surface area contributed by atoms with Crippen LogP contribution in [0.15, 0.2) is 18.2 Å². The molecule has 0 saturated carbocycles. The van der Waals surface area contributed by atoms with Gasteiger partial charge in [-0.1, -0.05) is 19.4 Å². The van der Waals surface area contributed by atoms with Crippen molar-refractivity contribution in [1.29, 1.82) is 5.26 Å². The van der Waals surface area contributed by atoms with Crippen LogP contribution in [0.2, 0.25) is 0 Å². The molecule has 1 aromatic rings. The van der Waals surface area contributed by atoms with Crippen LogP contribution in [-0.4, -0.2) is 4.98 Å². The molecule has 0 aliphatic heterocycles. The summed E-state index contributed by atoms with van der Waals surface area (Å²) in [6.45, 7) is 2.15. The number of rotatable bonds is 3. The topological polar surface area (TPSA) is 36.7 Å². The van der Waals surface area contributed by atoms with Crippen molar-refractivity contribution in [3.8, 4) is 6.07 Å². The summed E-state index contributed by atoms with van der Waals surface area (Å²) in [5.41, 5.74) is 1.54. The number of hydrogen-bond donors (Lipinski definition) is 0. The molecule has 2 nitrogen and oxygen atoms in total. The molecule has 0 atom stereocenters. The summed E-state index contributed by atoms with van der Waals surface area (Å²) < 4.78 is 0. The quantitative estimate of drug-likeness (QED) is 0.680. The van der Waals surface area contributed by atoms with E-state index in [4.69, 9.17) is 5.26 Å². The summed E-state index contributed by atoms with van der Waals surface area (Å²) in [5, 5.41) is 8.57. The smallest absolute Gasteiger partial charge is 0.140 e. The SMILES string of the molecule is CCCCc1cccc(C#N)n1. The van der Waals surface area contributed by atoms with Gasteiger partial charge in [0.2, 0.25) is 0 Å². The number of pyridine rings is 1. The molecule has 62 valence electrons. The lowest BCUT2D eigenvalue weighted by Gasteiger charge is -1.97. The van der Waals surface area contributed by atoms with Crippen LogP contribution < -0.4 is 0 Å².